The summed E-state index contributed by atoms with van der Waals surface area (Å²) in [6.07, 6.45) is 5.88. The molecule has 3 rings (SSSR count). The fraction of sp³-hybridized carbons (Fsp3) is 0.800. The number of nitrogens with one attached hydrogen (secondary N) is 1. The molecule has 1 saturated heterocycles. The molecule has 0 radical (unpaired) electrons. The van der Waals surface area contributed by atoms with Gasteiger partial charge in [-0.1, -0.05) is 18.0 Å². The summed E-state index contributed by atoms with van der Waals surface area (Å²) >= 11 is 0. The second kappa shape index (κ2) is 6.68. The molecule has 0 spiro atoms. The third-order valence-electron chi connectivity index (χ3n) is 4.64. The zero-order valence-corrected chi connectivity index (χ0v) is 13.9. The molecule has 124 valence electrons. The number of hydrogen-bond donors (Lipinski definition) is 1. The van der Waals surface area contributed by atoms with Crippen molar-refractivity contribution in [3.8, 4) is 0 Å². The van der Waals surface area contributed by atoms with Crippen LogP contribution in [0.3, 0.4) is 0 Å². The number of aryl methyl sites for hydroxylation is 1. The second-order valence-electron chi connectivity index (χ2n) is 6.58. The standard InChI is InChI=1S/C15H25N3O3S/c1-12-9-14(21-16-12)10-18-8-4-7-15(11-18)22(19,20)17-13-5-2-3-6-13/h9,13,15,17H,2-8,10-11H2,1H3. The van der Waals surface area contributed by atoms with Crippen LogP contribution in [0.2, 0.25) is 0 Å². The highest BCUT2D eigenvalue weighted by atomic mass is 32.2. The molecule has 1 unspecified atom stereocenters. The minimum Gasteiger partial charge on any atom is -0.360 e. The minimum absolute atomic E-state index is 0.150. The van der Waals surface area contributed by atoms with Gasteiger partial charge in [0.1, 0.15) is 0 Å². The lowest BCUT2D eigenvalue weighted by Gasteiger charge is -2.32. The third kappa shape index (κ3) is 3.88. The van der Waals surface area contributed by atoms with Crippen molar-refractivity contribution in [1.82, 2.24) is 14.8 Å². The summed E-state index contributed by atoms with van der Waals surface area (Å²) in [4.78, 5) is 2.15. The van der Waals surface area contributed by atoms with Crippen LogP contribution in [0.25, 0.3) is 0 Å². The fourth-order valence-corrected chi connectivity index (χ4v) is 5.27. The van der Waals surface area contributed by atoms with Crippen molar-refractivity contribution >= 4 is 10.0 Å². The van der Waals surface area contributed by atoms with Gasteiger partial charge in [0, 0.05) is 18.7 Å². The van der Waals surface area contributed by atoms with E-state index in [0.29, 0.717) is 13.1 Å². The lowest BCUT2D eigenvalue weighted by Crippen LogP contribution is -2.48. The van der Waals surface area contributed by atoms with E-state index in [9.17, 15) is 8.42 Å². The Morgan fingerprint density at radius 2 is 2.09 bits per heavy atom. The van der Waals surface area contributed by atoms with Crippen molar-refractivity contribution in [3.05, 3.63) is 17.5 Å². The largest absolute Gasteiger partial charge is 0.360 e. The minimum atomic E-state index is -3.22. The molecule has 1 saturated carbocycles. The van der Waals surface area contributed by atoms with Gasteiger partial charge in [0.2, 0.25) is 10.0 Å². The first kappa shape index (κ1) is 16.0. The molecule has 1 aliphatic heterocycles. The Balaban J connectivity index is 1.59. The summed E-state index contributed by atoms with van der Waals surface area (Å²) in [6.45, 7) is 4.01. The normalized spacial score (nSPS) is 24.9. The third-order valence-corrected chi connectivity index (χ3v) is 6.57. The van der Waals surface area contributed by atoms with Gasteiger partial charge in [0.25, 0.3) is 0 Å². The van der Waals surface area contributed by atoms with Crippen LogP contribution in [0.4, 0.5) is 0 Å². The van der Waals surface area contributed by atoms with Gasteiger partial charge < -0.3 is 4.52 Å². The van der Waals surface area contributed by atoms with Crippen LogP contribution in [-0.4, -0.2) is 42.9 Å². The molecule has 1 aromatic heterocycles. The van der Waals surface area contributed by atoms with Crippen LogP contribution in [0, 0.1) is 6.92 Å². The number of sulfonamides is 1. The average Bonchev–Trinajstić information content (AvgIpc) is 3.11. The maximum atomic E-state index is 12.6. The molecule has 22 heavy (non-hydrogen) atoms. The smallest absolute Gasteiger partial charge is 0.215 e. The molecule has 0 aromatic carbocycles. The van der Waals surface area contributed by atoms with Gasteiger partial charge in [-0.05, 0) is 39.2 Å². The Bertz CT molecular complexity index is 593. The zero-order chi connectivity index (χ0) is 15.6. The van der Waals surface area contributed by atoms with Gasteiger partial charge >= 0.3 is 0 Å². The molecular formula is C15H25N3O3S. The van der Waals surface area contributed by atoms with Gasteiger partial charge in [0.05, 0.1) is 17.5 Å². The van der Waals surface area contributed by atoms with Crippen molar-refractivity contribution in [3.63, 3.8) is 0 Å². The Morgan fingerprint density at radius 1 is 1.32 bits per heavy atom. The lowest BCUT2D eigenvalue weighted by molar-refractivity contribution is 0.197. The van der Waals surface area contributed by atoms with Crippen molar-refractivity contribution in [2.45, 2.75) is 63.3 Å². The summed E-state index contributed by atoms with van der Waals surface area (Å²) in [5.41, 5.74) is 0.860. The van der Waals surface area contributed by atoms with Gasteiger partial charge in [-0.3, -0.25) is 4.90 Å². The van der Waals surface area contributed by atoms with Crippen molar-refractivity contribution < 1.29 is 12.9 Å². The Hall–Kier alpha value is -0.920. The fourth-order valence-electron chi connectivity index (χ4n) is 3.49. The van der Waals surface area contributed by atoms with Crippen LogP contribution < -0.4 is 4.72 Å². The molecule has 7 heteroatoms. The van der Waals surface area contributed by atoms with E-state index in [2.05, 4.69) is 14.8 Å². The molecule has 6 nitrogen and oxygen atoms in total. The Morgan fingerprint density at radius 3 is 2.77 bits per heavy atom. The van der Waals surface area contributed by atoms with Crippen molar-refractivity contribution in [2.75, 3.05) is 13.1 Å². The topological polar surface area (TPSA) is 75.4 Å². The SMILES string of the molecule is Cc1cc(CN2CCCC(S(=O)(=O)NC3CCCC3)C2)on1. The molecule has 1 N–H and O–H groups in total. The lowest BCUT2D eigenvalue weighted by atomic mass is 10.1. The summed E-state index contributed by atoms with van der Waals surface area (Å²) < 4.78 is 33.3. The number of hydrogen-bond acceptors (Lipinski definition) is 5. The Kier molecular flexibility index (Phi) is 4.84. The number of aromatic nitrogens is 1. The van der Waals surface area contributed by atoms with Gasteiger partial charge in [0.15, 0.2) is 5.76 Å². The first-order valence-electron chi connectivity index (χ1n) is 8.18. The number of piperidine rings is 1. The first-order chi connectivity index (χ1) is 10.5. The monoisotopic (exact) mass is 327 g/mol. The zero-order valence-electron chi connectivity index (χ0n) is 13.1. The number of rotatable bonds is 5. The number of nitrogens with zero attached hydrogens (tertiary/aromatic N) is 2. The molecular weight excluding hydrogens is 302 g/mol. The predicted octanol–water partition coefficient (Wildman–Crippen LogP) is 1.81. The maximum absolute atomic E-state index is 12.6. The maximum Gasteiger partial charge on any atom is 0.215 e. The van der Waals surface area contributed by atoms with Crippen LogP contribution in [0.5, 0.6) is 0 Å². The molecule has 2 heterocycles. The van der Waals surface area contributed by atoms with E-state index in [4.69, 9.17) is 4.52 Å². The van der Waals surface area contributed by atoms with E-state index in [-0.39, 0.29) is 11.3 Å². The quantitative estimate of drug-likeness (QED) is 0.892. The van der Waals surface area contributed by atoms with E-state index in [1.165, 1.54) is 0 Å². The van der Waals surface area contributed by atoms with Crippen LogP contribution >= 0.6 is 0 Å². The van der Waals surface area contributed by atoms with Gasteiger partial charge in [-0.15, -0.1) is 0 Å². The highest BCUT2D eigenvalue weighted by Gasteiger charge is 2.33. The van der Waals surface area contributed by atoms with Crippen LogP contribution in [0.1, 0.15) is 50.0 Å². The van der Waals surface area contributed by atoms with E-state index in [0.717, 1.165) is 56.5 Å². The van der Waals surface area contributed by atoms with Crippen LogP contribution in [0.15, 0.2) is 10.6 Å². The van der Waals surface area contributed by atoms with Gasteiger partial charge in [-0.25, -0.2) is 13.1 Å². The summed E-state index contributed by atoms with van der Waals surface area (Å²) in [5.74, 6) is 0.805. The van der Waals surface area contributed by atoms with E-state index >= 15 is 0 Å². The predicted molar refractivity (Wildman–Crippen MR) is 83.9 cm³/mol. The second-order valence-corrected chi connectivity index (χ2v) is 8.57. The molecule has 2 aliphatic rings. The van der Waals surface area contributed by atoms with E-state index in [1.54, 1.807) is 0 Å². The molecule has 2 fully saturated rings. The summed E-state index contributed by atoms with van der Waals surface area (Å²) in [7, 11) is -3.22. The molecule has 0 bridgehead atoms. The number of likely N-dealkylation sites (tertiary alicyclic amines) is 1. The van der Waals surface area contributed by atoms with Crippen molar-refractivity contribution in [2.24, 2.45) is 0 Å². The highest BCUT2D eigenvalue weighted by Crippen LogP contribution is 2.23. The van der Waals surface area contributed by atoms with E-state index in [1.807, 2.05) is 13.0 Å². The molecule has 1 aliphatic carbocycles. The molecule has 0 amide bonds. The summed E-state index contributed by atoms with van der Waals surface area (Å²) in [5, 5.41) is 3.57. The van der Waals surface area contributed by atoms with Crippen LogP contribution in [-0.2, 0) is 16.6 Å². The van der Waals surface area contributed by atoms with E-state index < -0.39 is 10.0 Å². The first-order valence-corrected chi connectivity index (χ1v) is 9.73. The Labute approximate surface area is 132 Å². The average molecular weight is 327 g/mol. The van der Waals surface area contributed by atoms with Gasteiger partial charge in [-0.2, -0.15) is 0 Å². The molecule has 1 atom stereocenters. The van der Waals surface area contributed by atoms with Crippen molar-refractivity contribution in [1.29, 1.82) is 0 Å². The molecule has 1 aromatic rings. The summed E-state index contributed by atoms with van der Waals surface area (Å²) in [6, 6.07) is 2.06. The highest BCUT2D eigenvalue weighted by molar-refractivity contribution is 7.90.